The Morgan fingerprint density at radius 2 is 2.00 bits per heavy atom. The van der Waals surface area contributed by atoms with Gasteiger partial charge in [-0.3, -0.25) is 18.8 Å². The number of anilines is 1. The summed E-state index contributed by atoms with van der Waals surface area (Å²) >= 11 is 0.483. The van der Waals surface area contributed by atoms with E-state index in [0.717, 1.165) is 6.20 Å². The van der Waals surface area contributed by atoms with Crippen molar-refractivity contribution in [2.75, 3.05) is 31.6 Å². The molecule has 47 heavy (non-hydrogen) atoms. The van der Waals surface area contributed by atoms with Gasteiger partial charge in [0.25, 0.3) is 5.56 Å². The van der Waals surface area contributed by atoms with E-state index >= 15 is 0 Å². The quantitative estimate of drug-likeness (QED) is 0.0759. The lowest BCUT2D eigenvalue weighted by molar-refractivity contribution is -0.0271. The molecule has 0 aromatic carbocycles. The molecule has 0 bridgehead atoms. The SMILES string of the molecule is CO[C@@H]1C(OP(=O)(OC[C@H]2O[C@@H](Nc3ncnc4nc[nH]c34)C[C@@H]2O)SCOC(=O)OC(C)C)[C@@H](CO)O[C@H]1c1c[nH]c(=O)[nH]c1=O. The molecule has 2 aliphatic rings. The number of carbonyl (C=O) groups excluding carboxylic acids is 1. The van der Waals surface area contributed by atoms with Gasteiger partial charge in [-0.15, -0.1) is 0 Å². The largest absolute Gasteiger partial charge is 0.509 e. The number of carbonyl (C=O) groups is 1. The standard InChI is InChI=1S/C25H34N7O13PS/c1-11(2)42-25(37)40-10-47-46(38,45-19-14(6-33)44-18(20(19)39-3)12-5-26-24(36)32-23(12)35)41-7-15-13(34)4-16(43-15)31-22-17-21(28-8-27-17)29-9-30-22/h5,8-9,11,13-16,18-20,33-34H,4,6-7,10H2,1-3H3,(H2,26,32,35,36)(H2,27,28,29,30,31)/t13-,14+,15+,16+,18-,19?,20-,46?/m0/s1. The molecule has 0 saturated carbocycles. The van der Waals surface area contributed by atoms with Crippen LogP contribution in [0.25, 0.3) is 11.2 Å². The molecule has 5 rings (SSSR count). The van der Waals surface area contributed by atoms with Crippen LogP contribution in [0.3, 0.4) is 0 Å². The lowest BCUT2D eigenvalue weighted by Crippen LogP contribution is -2.37. The summed E-state index contributed by atoms with van der Waals surface area (Å²) in [5.74, 6) is -0.147. The van der Waals surface area contributed by atoms with Crippen LogP contribution in [0, 0.1) is 0 Å². The fraction of sp³-hybridized carbons (Fsp3) is 0.600. The predicted molar refractivity (Wildman–Crippen MR) is 161 cm³/mol. The number of nitrogens with zero attached hydrogens (tertiary/aromatic N) is 3. The average Bonchev–Trinajstić information content (AvgIpc) is 3.73. The predicted octanol–water partition coefficient (Wildman–Crippen LogP) is 0.527. The molecule has 0 aliphatic carbocycles. The van der Waals surface area contributed by atoms with Gasteiger partial charge in [-0.05, 0) is 13.8 Å². The first-order valence-electron chi connectivity index (χ1n) is 14.3. The number of ether oxygens (including phenoxy) is 5. The molecule has 2 saturated heterocycles. The minimum atomic E-state index is -4.36. The highest BCUT2D eigenvalue weighted by Crippen LogP contribution is 2.63. The van der Waals surface area contributed by atoms with Gasteiger partial charge in [-0.2, -0.15) is 0 Å². The van der Waals surface area contributed by atoms with Crippen molar-refractivity contribution in [2.24, 2.45) is 0 Å². The number of hydrogen-bond acceptors (Lipinski definition) is 18. The van der Waals surface area contributed by atoms with E-state index in [2.05, 4.69) is 35.2 Å². The van der Waals surface area contributed by atoms with Gasteiger partial charge < -0.3 is 49.2 Å². The number of hydrogen-bond donors (Lipinski definition) is 6. The fourth-order valence-electron chi connectivity index (χ4n) is 4.92. The van der Waals surface area contributed by atoms with Crippen LogP contribution in [-0.2, 0) is 37.3 Å². The number of aromatic nitrogens is 6. The maximum absolute atomic E-state index is 14.2. The summed E-state index contributed by atoms with van der Waals surface area (Å²) in [4.78, 5) is 55.7. The van der Waals surface area contributed by atoms with Crippen molar-refractivity contribution < 1.29 is 52.3 Å². The molecule has 2 aliphatic heterocycles. The van der Waals surface area contributed by atoms with E-state index in [1.54, 1.807) is 13.8 Å². The Hall–Kier alpha value is -3.40. The number of imidazole rings is 1. The second-order valence-electron chi connectivity index (χ2n) is 10.6. The van der Waals surface area contributed by atoms with Crippen LogP contribution in [0.5, 0.6) is 0 Å². The van der Waals surface area contributed by atoms with Crippen LogP contribution in [0.2, 0.25) is 0 Å². The smallest absolute Gasteiger partial charge is 0.432 e. The lowest BCUT2D eigenvalue weighted by atomic mass is 10.0. The number of nitrogens with one attached hydrogen (secondary N) is 4. The highest BCUT2D eigenvalue weighted by molar-refractivity contribution is 8.55. The lowest BCUT2D eigenvalue weighted by Gasteiger charge is -2.27. The zero-order valence-electron chi connectivity index (χ0n) is 25.3. The van der Waals surface area contributed by atoms with Gasteiger partial charge in [0.1, 0.15) is 48.6 Å². The monoisotopic (exact) mass is 703 g/mol. The Morgan fingerprint density at radius 3 is 2.72 bits per heavy atom. The molecular weight excluding hydrogens is 669 g/mol. The van der Waals surface area contributed by atoms with E-state index in [4.69, 9.17) is 32.7 Å². The van der Waals surface area contributed by atoms with Crippen LogP contribution in [0.4, 0.5) is 10.6 Å². The summed E-state index contributed by atoms with van der Waals surface area (Å²) in [6, 6.07) is 0. The van der Waals surface area contributed by atoms with Crippen LogP contribution >= 0.6 is 18.2 Å². The van der Waals surface area contributed by atoms with Crippen molar-refractivity contribution in [3.05, 3.63) is 45.3 Å². The Balaban J connectivity index is 1.30. The van der Waals surface area contributed by atoms with Crippen LogP contribution < -0.4 is 16.6 Å². The number of fused-ring (bicyclic) bond motifs is 1. The Morgan fingerprint density at radius 1 is 1.19 bits per heavy atom. The van der Waals surface area contributed by atoms with Gasteiger partial charge in [0.2, 0.25) is 0 Å². The molecule has 6 N–H and O–H groups in total. The average molecular weight is 704 g/mol. The Kier molecular flexibility index (Phi) is 11.3. The van der Waals surface area contributed by atoms with Gasteiger partial charge in [0.15, 0.2) is 17.4 Å². The van der Waals surface area contributed by atoms with Crippen molar-refractivity contribution in [1.82, 2.24) is 29.9 Å². The molecule has 3 aromatic heterocycles. The fourth-order valence-corrected chi connectivity index (χ4v) is 7.71. The number of aliphatic hydroxyl groups excluding tert-OH is 2. The molecule has 2 unspecified atom stereocenters. The van der Waals surface area contributed by atoms with E-state index in [0.29, 0.717) is 28.4 Å². The van der Waals surface area contributed by atoms with Crippen LogP contribution in [-0.4, -0.2) is 115 Å². The first-order valence-corrected chi connectivity index (χ1v) is 17.4. The maximum Gasteiger partial charge on any atom is 0.509 e. The molecule has 0 radical (unpaired) electrons. The van der Waals surface area contributed by atoms with E-state index in [9.17, 15) is 29.2 Å². The van der Waals surface area contributed by atoms with Gasteiger partial charge in [-0.1, -0.05) is 0 Å². The van der Waals surface area contributed by atoms with Crippen molar-refractivity contribution >= 4 is 41.3 Å². The number of H-pyrrole nitrogens is 3. The maximum atomic E-state index is 14.2. The third kappa shape index (κ3) is 8.37. The van der Waals surface area contributed by atoms with Crippen LogP contribution in [0.15, 0.2) is 28.4 Å². The highest BCUT2D eigenvalue weighted by Gasteiger charge is 2.51. The van der Waals surface area contributed by atoms with Crippen molar-refractivity contribution in [2.45, 2.75) is 69.2 Å². The molecule has 0 spiro atoms. The second-order valence-corrected chi connectivity index (χ2v) is 14.5. The number of aromatic amines is 3. The first kappa shape index (κ1) is 34.9. The van der Waals surface area contributed by atoms with Gasteiger partial charge in [0, 0.05) is 31.1 Å². The first-order chi connectivity index (χ1) is 22.5. The molecule has 258 valence electrons. The second kappa shape index (κ2) is 15.2. The topological polar surface area (TPSA) is 271 Å². The third-order valence-electron chi connectivity index (χ3n) is 7.03. The molecular formula is C25H34N7O13PS. The van der Waals surface area contributed by atoms with Crippen molar-refractivity contribution in [3.8, 4) is 0 Å². The molecule has 5 heterocycles. The minimum absolute atomic E-state index is 0.0405. The van der Waals surface area contributed by atoms with E-state index in [-0.39, 0.29) is 12.0 Å². The Bertz CT molecular complexity index is 1690. The van der Waals surface area contributed by atoms with Crippen LogP contribution in [0.1, 0.15) is 31.9 Å². The molecule has 2 fully saturated rings. The summed E-state index contributed by atoms with van der Waals surface area (Å²) in [6.45, 7) is -2.22. The zero-order valence-corrected chi connectivity index (χ0v) is 27.0. The summed E-state index contributed by atoms with van der Waals surface area (Å²) < 4.78 is 53.1. The number of methoxy groups -OCH3 is 1. The third-order valence-corrected chi connectivity index (χ3v) is 10.4. The number of rotatable bonds is 14. The van der Waals surface area contributed by atoms with Crippen molar-refractivity contribution in [3.63, 3.8) is 0 Å². The summed E-state index contributed by atoms with van der Waals surface area (Å²) in [5.41, 5.74) is -0.601. The summed E-state index contributed by atoms with van der Waals surface area (Å²) in [7, 11) is 1.28. The van der Waals surface area contributed by atoms with Gasteiger partial charge >= 0.3 is 18.6 Å². The zero-order chi connectivity index (χ0) is 33.7. The molecule has 3 aromatic rings. The summed E-state index contributed by atoms with van der Waals surface area (Å²) in [6.07, 6.45) is -5.01. The van der Waals surface area contributed by atoms with E-state index in [1.165, 1.54) is 19.8 Å². The minimum Gasteiger partial charge on any atom is -0.432 e. The molecule has 8 atom stereocenters. The highest BCUT2D eigenvalue weighted by atomic mass is 32.7. The molecule has 22 heteroatoms. The molecule has 20 nitrogen and oxygen atoms in total. The van der Waals surface area contributed by atoms with E-state index < -0.39 is 92.3 Å². The van der Waals surface area contributed by atoms with Gasteiger partial charge in [0.05, 0.1) is 37.3 Å². The Labute approximate surface area is 269 Å². The van der Waals surface area contributed by atoms with Crippen molar-refractivity contribution in [1.29, 1.82) is 0 Å². The number of aliphatic hydroxyl groups is 2. The normalized spacial score (nSPS) is 27.2. The van der Waals surface area contributed by atoms with Gasteiger partial charge in [-0.25, -0.2) is 29.1 Å². The summed E-state index contributed by atoms with van der Waals surface area (Å²) in [5, 5.41) is 23.9. The van der Waals surface area contributed by atoms with E-state index in [1.807, 2.05) is 0 Å². The molecule has 0 amide bonds.